The Morgan fingerprint density at radius 3 is 2.02 bits per heavy atom. The number of hydrogen-bond donors (Lipinski definition) is 2. The van der Waals surface area contributed by atoms with Gasteiger partial charge >= 0.3 is 11.9 Å². The zero-order chi connectivity index (χ0) is 31.9. The summed E-state index contributed by atoms with van der Waals surface area (Å²) in [6.07, 6.45) is 0. The third-order valence-electron chi connectivity index (χ3n) is 8.45. The Morgan fingerprint density at radius 2 is 1.47 bits per heavy atom. The van der Waals surface area contributed by atoms with Gasteiger partial charge in [-0.1, -0.05) is 72.8 Å². The van der Waals surface area contributed by atoms with E-state index in [-0.39, 0.29) is 34.7 Å². The van der Waals surface area contributed by atoms with Crippen molar-refractivity contribution in [2.24, 2.45) is 0 Å². The largest absolute Gasteiger partial charge is 0.733 e. The Bertz CT molecular complexity index is 1510. The van der Waals surface area contributed by atoms with E-state index in [9.17, 15) is 20.0 Å². The zero-order valence-corrected chi connectivity index (χ0v) is 25.8. The van der Waals surface area contributed by atoms with E-state index in [0.29, 0.717) is 23.5 Å². The molecule has 1 atom stereocenters. The molecule has 2 aliphatic heterocycles. The summed E-state index contributed by atoms with van der Waals surface area (Å²) in [4.78, 5) is 31.3. The van der Waals surface area contributed by atoms with Crippen LogP contribution < -0.4 is 10.5 Å². The maximum atomic E-state index is 13.6. The van der Waals surface area contributed by atoms with Crippen LogP contribution >= 0.6 is 0 Å². The number of methoxy groups -OCH3 is 1. The second kappa shape index (κ2) is 14.5. The number of esters is 2. The van der Waals surface area contributed by atoms with Crippen molar-refractivity contribution in [1.82, 2.24) is 15.1 Å². The Balaban J connectivity index is 1.25. The minimum Gasteiger partial charge on any atom is -0.733 e. The highest BCUT2D eigenvalue weighted by Crippen LogP contribution is 2.40. The zero-order valence-electron chi connectivity index (χ0n) is 25.8. The lowest BCUT2D eigenvalue weighted by Gasteiger charge is -2.39. The quantitative estimate of drug-likeness (QED) is 0.246. The number of ether oxygens (including phenoxy) is 2. The maximum absolute atomic E-state index is 13.6. The van der Waals surface area contributed by atoms with Crippen LogP contribution in [-0.2, 0) is 19.1 Å². The van der Waals surface area contributed by atoms with Crippen LogP contribution in [0, 0.1) is 5.21 Å². The molecule has 0 saturated carbocycles. The molecule has 0 spiro atoms. The first-order valence-corrected chi connectivity index (χ1v) is 15.0. The molecule has 2 aliphatic rings. The van der Waals surface area contributed by atoms with Crippen molar-refractivity contribution >= 4 is 17.6 Å². The van der Waals surface area contributed by atoms with Gasteiger partial charge in [0, 0.05) is 44.1 Å². The summed E-state index contributed by atoms with van der Waals surface area (Å²) in [5.74, 6) is -2.04. The highest BCUT2D eigenvalue weighted by molar-refractivity contribution is 6.00. The predicted octanol–water partition coefficient (Wildman–Crippen LogP) is 4.74. The monoisotopic (exact) mass is 611 g/mol. The number of allylic oxidation sites excluding steroid dienone is 2. The number of dihydropyridines is 1. The fourth-order valence-electron chi connectivity index (χ4n) is 6.28. The maximum Gasteiger partial charge on any atom is 0.336 e. The molecule has 2 N–H and O–H groups in total. The molecule has 236 valence electrons. The van der Waals surface area contributed by atoms with Crippen LogP contribution in [0.2, 0.25) is 0 Å². The summed E-state index contributed by atoms with van der Waals surface area (Å²) < 4.78 is 10.9. The third-order valence-corrected chi connectivity index (χ3v) is 8.45. The summed E-state index contributed by atoms with van der Waals surface area (Å²) in [5.41, 5.74) is 4.48. The Morgan fingerprint density at radius 1 is 0.889 bits per heavy atom. The van der Waals surface area contributed by atoms with Gasteiger partial charge in [-0.3, -0.25) is 15.0 Å². The molecule has 10 nitrogen and oxygen atoms in total. The molecule has 5 rings (SSSR count). The molecule has 45 heavy (non-hydrogen) atoms. The van der Waals surface area contributed by atoms with Gasteiger partial charge < -0.3 is 25.2 Å². The smallest absolute Gasteiger partial charge is 0.336 e. The number of nitrogens with one attached hydrogen (secondary N) is 1. The number of carbonyl (C=O) groups is 2. The van der Waals surface area contributed by atoms with Crippen LogP contribution in [0.25, 0.3) is 0 Å². The number of piperazine rings is 1. The normalized spacial score (nSPS) is 17.7. The SMILES string of the molecule is COC(=O)C1=C(C)NC(C)=C(C(=O)OCCN2CCN(C(c3ccccc3)c3ccccc3)CC2)C1c1cccc(N([O-])O)c1. The highest BCUT2D eigenvalue weighted by atomic mass is 16.8. The van der Waals surface area contributed by atoms with Gasteiger partial charge in [0.25, 0.3) is 0 Å². The number of hydrogen-bond acceptors (Lipinski definition) is 10. The van der Waals surface area contributed by atoms with E-state index in [0.717, 1.165) is 26.2 Å². The van der Waals surface area contributed by atoms with E-state index in [2.05, 4.69) is 63.6 Å². The van der Waals surface area contributed by atoms with Crippen LogP contribution in [0.3, 0.4) is 0 Å². The molecule has 1 fully saturated rings. The van der Waals surface area contributed by atoms with Gasteiger partial charge in [-0.2, -0.15) is 0 Å². The summed E-state index contributed by atoms with van der Waals surface area (Å²) in [6, 6.07) is 27.4. The van der Waals surface area contributed by atoms with Crippen molar-refractivity contribution in [3.05, 3.63) is 129 Å². The van der Waals surface area contributed by atoms with Crippen molar-refractivity contribution < 1.29 is 24.3 Å². The average molecular weight is 612 g/mol. The fourth-order valence-corrected chi connectivity index (χ4v) is 6.28. The van der Waals surface area contributed by atoms with E-state index in [4.69, 9.17) is 9.47 Å². The second-order valence-electron chi connectivity index (χ2n) is 11.2. The van der Waals surface area contributed by atoms with E-state index in [1.54, 1.807) is 26.0 Å². The molecule has 0 bridgehead atoms. The van der Waals surface area contributed by atoms with Crippen LogP contribution in [0.15, 0.2) is 107 Å². The van der Waals surface area contributed by atoms with E-state index >= 15 is 0 Å². The summed E-state index contributed by atoms with van der Waals surface area (Å²) >= 11 is 0. The summed E-state index contributed by atoms with van der Waals surface area (Å²) in [7, 11) is 1.27. The van der Waals surface area contributed by atoms with Crippen LogP contribution in [0.5, 0.6) is 0 Å². The predicted molar refractivity (Wildman–Crippen MR) is 171 cm³/mol. The molecular weight excluding hydrogens is 572 g/mol. The minimum atomic E-state index is -0.859. The number of rotatable bonds is 10. The molecule has 10 heteroatoms. The van der Waals surface area contributed by atoms with Gasteiger partial charge in [0.2, 0.25) is 0 Å². The highest BCUT2D eigenvalue weighted by Gasteiger charge is 2.38. The van der Waals surface area contributed by atoms with Crippen molar-refractivity contribution in [2.45, 2.75) is 25.8 Å². The Kier molecular flexibility index (Phi) is 10.3. The van der Waals surface area contributed by atoms with Crippen LogP contribution in [0.1, 0.15) is 42.5 Å². The topological polar surface area (TPSA) is 118 Å². The van der Waals surface area contributed by atoms with Gasteiger partial charge in [0.1, 0.15) is 6.61 Å². The number of nitrogens with zero attached hydrogens (tertiary/aromatic N) is 3. The minimum absolute atomic E-state index is 0.0285. The Labute approximate surface area is 263 Å². The molecule has 0 radical (unpaired) electrons. The lowest BCUT2D eigenvalue weighted by atomic mass is 9.80. The molecule has 1 unspecified atom stereocenters. The van der Waals surface area contributed by atoms with Gasteiger partial charge in [-0.15, -0.1) is 0 Å². The van der Waals surface area contributed by atoms with Gasteiger partial charge in [-0.05, 0) is 42.7 Å². The summed E-state index contributed by atoms with van der Waals surface area (Å²) in [6.45, 7) is 7.58. The molecule has 2 heterocycles. The van der Waals surface area contributed by atoms with Crippen molar-refractivity contribution in [2.75, 3.05) is 51.7 Å². The average Bonchev–Trinajstić information content (AvgIpc) is 3.06. The van der Waals surface area contributed by atoms with Gasteiger partial charge in [0.05, 0.1) is 35.9 Å². The van der Waals surface area contributed by atoms with Gasteiger partial charge in [0.15, 0.2) is 0 Å². The van der Waals surface area contributed by atoms with Crippen molar-refractivity contribution in [1.29, 1.82) is 0 Å². The molecule has 0 aliphatic carbocycles. The molecule has 1 saturated heterocycles. The molecule has 0 amide bonds. The number of carbonyl (C=O) groups excluding carboxylic acids is 2. The fraction of sp³-hybridized carbons (Fsp3) is 0.314. The van der Waals surface area contributed by atoms with Crippen LogP contribution in [-0.4, -0.2) is 73.4 Å². The molecule has 3 aromatic rings. The first-order valence-electron chi connectivity index (χ1n) is 15.0. The number of benzene rings is 3. The van der Waals surface area contributed by atoms with E-state index < -0.39 is 17.9 Å². The van der Waals surface area contributed by atoms with Crippen LogP contribution in [0.4, 0.5) is 5.69 Å². The van der Waals surface area contributed by atoms with Crippen molar-refractivity contribution in [3.8, 4) is 0 Å². The third kappa shape index (κ3) is 7.26. The molecular formula is C35H39N4O6-. The first kappa shape index (κ1) is 31.9. The molecule has 0 aromatic heterocycles. The lowest BCUT2D eigenvalue weighted by molar-refractivity contribution is -0.140. The van der Waals surface area contributed by atoms with E-state index in [1.807, 2.05) is 12.1 Å². The summed E-state index contributed by atoms with van der Waals surface area (Å²) in [5, 5.41) is 24.0. The second-order valence-corrected chi connectivity index (χ2v) is 11.2. The lowest BCUT2D eigenvalue weighted by Crippen LogP contribution is -2.48. The first-order chi connectivity index (χ1) is 21.8. The van der Waals surface area contributed by atoms with Crippen molar-refractivity contribution in [3.63, 3.8) is 0 Å². The Hall–Kier alpha value is -4.48. The number of anilines is 1. The van der Waals surface area contributed by atoms with Gasteiger partial charge in [-0.25, -0.2) is 9.59 Å². The standard InChI is InChI=1S/C35H39N4O6/c1-24-30(34(40)44-3)32(28-15-10-16-29(23-28)39(42)43)31(25(2)36-24)35(41)45-22-21-37-17-19-38(20-18-37)33(26-11-6-4-7-12-26)27-13-8-5-9-14-27/h4-16,23,32-33,36,42H,17-22H2,1-3H3/q-1. The molecule has 3 aromatic carbocycles. The van der Waals surface area contributed by atoms with E-state index in [1.165, 1.54) is 30.4 Å².